The molecule has 0 saturated heterocycles. The highest BCUT2D eigenvalue weighted by Gasteiger charge is 2.39. The van der Waals surface area contributed by atoms with Crippen LogP contribution in [-0.2, 0) is 4.74 Å². The van der Waals surface area contributed by atoms with Crippen molar-refractivity contribution in [2.24, 2.45) is 5.41 Å². The second kappa shape index (κ2) is 9.93. The molecular weight excluding hydrogens is 418 g/mol. The minimum Gasteiger partial charge on any atom is -0.418 e. The first-order valence-corrected chi connectivity index (χ1v) is 11.1. The molecule has 1 amide bonds. The largest absolute Gasteiger partial charge is 0.418 e. The van der Waals surface area contributed by atoms with Crippen LogP contribution in [0.1, 0.15) is 78.4 Å². The molecule has 2 rings (SSSR count). The van der Waals surface area contributed by atoms with E-state index in [2.05, 4.69) is 22.9 Å². The Morgan fingerprint density at radius 3 is 2.32 bits per heavy atom. The quantitative estimate of drug-likeness (QED) is 0.405. The average molecular weight is 452 g/mol. The van der Waals surface area contributed by atoms with E-state index in [4.69, 9.17) is 4.74 Å². The zero-order valence-electron chi connectivity index (χ0n) is 17.7. The molecule has 1 fully saturated rings. The fraction of sp³-hybridized carbons (Fsp3) is 0.609. The Morgan fingerprint density at radius 2 is 1.75 bits per heavy atom. The number of hydrogen-bond acceptors (Lipinski definition) is 3. The zero-order chi connectivity index (χ0) is 20.9. The summed E-state index contributed by atoms with van der Waals surface area (Å²) in [5.74, 6) is 0. The number of aliphatic hydroxyl groups excluding tert-OH is 1. The standard InChI is InChI=1S/C23H34BrNO3/c1-16(2)25(17(3)4)22(27)28-15-19-9-7-6-8-14-23(19,5)21(26)18-10-12-20(24)13-11-18/h10-13,15-17,21,26H,6-9,14H2,1-5H3/b19-15-. The van der Waals surface area contributed by atoms with E-state index in [9.17, 15) is 9.90 Å². The van der Waals surface area contributed by atoms with Crippen molar-refractivity contribution >= 4 is 22.0 Å². The first-order chi connectivity index (χ1) is 13.2. The molecule has 0 aliphatic heterocycles. The number of aliphatic hydroxyl groups is 1. The Balaban J connectivity index is 2.29. The van der Waals surface area contributed by atoms with Gasteiger partial charge in [0, 0.05) is 22.0 Å². The summed E-state index contributed by atoms with van der Waals surface area (Å²) in [5.41, 5.74) is 1.45. The van der Waals surface area contributed by atoms with Crippen LogP contribution in [0.25, 0.3) is 0 Å². The van der Waals surface area contributed by atoms with E-state index >= 15 is 0 Å². The summed E-state index contributed by atoms with van der Waals surface area (Å²) in [6.07, 6.45) is 5.57. The summed E-state index contributed by atoms with van der Waals surface area (Å²) in [6, 6.07) is 7.94. The third-order valence-corrected chi connectivity index (χ3v) is 6.32. The fourth-order valence-electron chi connectivity index (χ4n) is 4.15. The maximum absolute atomic E-state index is 12.6. The number of halogens is 1. The van der Waals surface area contributed by atoms with Gasteiger partial charge in [-0.1, -0.05) is 47.8 Å². The normalized spacial score (nSPS) is 23.0. The molecule has 2 unspecified atom stereocenters. The molecule has 28 heavy (non-hydrogen) atoms. The SMILES string of the molecule is CC(C)N(C(=O)O/C=C1/CCCCCC1(C)C(O)c1ccc(Br)cc1)C(C)C. The Kier molecular flexibility index (Phi) is 8.14. The van der Waals surface area contributed by atoms with Crippen LogP contribution in [0.15, 0.2) is 40.6 Å². The first kappa shape index (κ1) is 23.0. The molecule has 1 aromatic rings. The lowest BCUT2D eigenvalue weighted by molar-refractivity contribution is 0.0512. The van der Waals surface area contributed by atoms with E-state index in [0.29, 0.717) is 0 Å². The molecular formula is C23H34BrNO3. The molecule has 0 radical (unpaired) electrons. The van der Waals surface area contributed by atoms with Gasteiger partial charge in [0.1, 0.15) is 0 Å². The Morgan fingerprint density at radius 1 is 1.14 bits per heavy atom. The maximum Gasteiger partial charge on any atom is 0.415 e. The van der Waals surface area contributed by atoms with Crippen LogP contribution in [0, 0.1) is 5.41 Å². The van der Waals surface area contributed by atoms with Gasteiger partial charge in [-0.25, -0.2) is 4.79 Å². The van der Waals surface area contributed by atoms with Crippen molar-refractivity contribution in [1.82, 2.24) is 4.90 Å². The van der Waals surface area contributed by atoms with Gasteiger partial charge < -0.3 is 14.7 Å². The molecule has 0 heterocycles. The van der Waals surface area contributed by atoms with Crippen LogP contribution in [-0.4, -0.2) is 28.2 Å². The van der Waals surface area contributed by atoms with Crippen molar-refractivity contribution in [1.29, 1.82) is 0 Å². The number of amides is 1. The van der Waals surface area contributed by atoms with Gasteiger partial charge >= 0.3 is 6.09 Å². The monoisotopic (exact) mass is 451 g/mol. The van der Waals surface area contributed by atoms with Crippen molar-refractivity contribution < 1.29 is 14.6 Å². The Bertz CT molecular complexity index is 676. The van der Waals surface area contributed by atoms with Crippen LogP contribution >= 0.6 is 15.9 Å². The molecule has 1 aromatic carbocycles. The van der Waals surface area contributed by atoms with Crippen molar-refractivity contribution in [2.45, 2.75) is 84.9 Å². The third kappa shape index (κ3) is 5.38. The lowest BCUT2D eigenvalue weighted by Gasteiger charge is -2.36. The molecule has 156 valence electrons. The molecule has 1 aliphatic carbocycles. The van der Waals surface area contributed by atoms with Gasteiger partial charge in [0.25, 0.3) is 0 Å². The van der Waals surface area contributed by atoms with Crippen LogP contribution in [0.2, 0.25) is 0 Å². The molecule has 5 heteroatoms. The summed E-state index contributed by atoms with van der Waals surface area (Å²) in [4.78, 5) is 14.4. The van der Waals surface area contributed by atoms with Gasteiger partial charge in [-0.15, -0.1) is 0 Å². The topological polar surface area (TPSA) is 49.8 Å². The van der Waals surface area contributed by atoms with E-state index in [-0.39, 0.29) is 18.2 Å². The number of hydrogen-bond donors (Lipinski definition) is 1. The number of carbonyl (C=O) groups is 1. The minimum atomic E-state index is -0.644. The fourth-order valence-corrected chi connectivity index (χ4v) is 4.41. The number of nitrogens with zero attached hydrogens (tertiary/aromatic N) is 1. The van der Waals surface area contributed by atoms with Gasteiger partial charge in [0.15, 0.2) is 0 Å². The van der Waals surface area contributed by atoms with Crippen molar-refractivity contribution in [3.8, 4) is 0 Å². The molecule has 0 bridgehead atoms. The number of carbonyl (C=O) groups excluding carboxylic acids is 1. The minimum absolute atomic E-state index is 0.0692. The first-order valence-electron chi connectivity index (χ1n) is 10.3. The number of benzene rings is 1. The van der Waals surface area contributed by atoms with E-state index in [1.807, 2.05) is 52.0 Å². The van der Waals surface area contributed by atoms with Crippen LogP contribution in [0.3, 0.4) is 0 Å². The van der Waals surface area contributed by atoms with Gasteiger partial charge in [-0.3, -0.25) is 0 Å². The van der Waals surface area contributed by atoms with Gasteiger partial charge in [-0.05, 0) is 70.2 Å². The number of ether oxygens (including phenoxy) is 1. The summed E-state index contributed by atoms with van der Waals surface area (Å²) in [6.45, 7) is 10.0. The highest BCUT2D eigenvalue weighted by Crippen LogP contribution is 2.48. The van der Waals surface area contributed by atoms with Crippen LogP contribution < -0.4 is 0 Å². The second-order valence-electron chi connectivity index (χ2n) is 8.55. The van der Waals surface area contributed by atoms with Gasteiger partial charge in [0.2, 0.25) is 0 Å². The summed E-state index contributed by atoms with van der Waals surface area (Å²) in [5, 5.41) is 11.2. The molecule has 4 nitrogen and oxygen atoms in total. The molecule has 0 aromatic heterocycles. The van der Waals surface area contributed by atoms with Gasteiger partial charge in [0.05, 0.1) is 12.4 Å². The Labute approximate surface area is 178 Å². The summed E-state index contributed by atoms with van der Waals surface area (Å²) >= 11 is 3.45. The lowest BCUT2D eigenvalue weighted by atomic mass is 9.72. The van der Waals surface area contributed by atoms with E-state index in [1.165, 1.54) is 0 Å². The average Bonchev–Trinajstić information content (AvgIpc) is 2.81. The van der Waals surface area contributed by atoms with Gasteiger partial charge in [-0.2, -0.15) is 0 Å². The summed E-state index contributed by atoms with van der Waals surface area (Å²) in [7, 11) is 0. The molecule has 2 atom stereocenters. The Hall–Kier alpha value is -1.33. The third-order valence-electron chi connectivity index (χ3n) is 5.79. The van der Waals surface area contributed by atoms with Crippen molar-refractivity contribution in [2.75, 3.05) is 0 Å². The van der Waals surface area contributed by atoms with E-state index < -0.39 is 11.5 Å². The highest BCUT2D eigenvalue weighted by atomic mass is 79.9. The molecule has 1 N–H and O–H groups in total. The second-order valence-corrected chi connectivity index (χ2v) is 9.47. The maximum atomic E-state index is 12.6. The zero-order valence-corrected chi connectivity index (χ0v) is 19.3. The van der Waals surface area contributed by atoms with E-state index in [1.54, 1.807) is 11.2 Å². The summed E-state index contributed by atoms with van der Waals surface area (Å²) < 4.78 is 6.62. The molecule has 1 saturated carbocycles. The number of rotatable bonds is 5. The predicted octanol–water partition coefficient (Wildman–Crippen LogP) is 6.59. The predicted molar refractivity (Wildman–Crippen MR) is 117 cm³/mol. The van der Waals surface area contributed by atoms with E-state index in [0.717, 1.165) is 47.7 Å². The van der Waals surface area contributed by atoms with Crippen molar-refractivity contribution in [3.05, 3.63) is 46.1 Å². The lowest BCUT2D eigenvalue weighted by Crippen LogP contribution is -2.42. The van der Waals surface area contributed by atoms with Crippen LogP contribution in [0.4, 0.5) is 4.79 Å². The smallest absolute Gasteiger partial charge is 0.415 e. The molecule has 0 spiro atoms. The highest BCUT2D eigenvalue weighted by molar-refractivity contribution is 9.10. The molecule has 1 aliphatic rings. The van der Waals surface area contributed by atoms with Crippen LogP contribution in [0.5, 0.6) is 0 Å². The van der Waals surface area contributed by atoms with Crippen molar-refractivity contribution in [3.63, 3.8) is 0 Å².